The van der Waals surface area contributed by atoms with Gasteiger partial charge >= 0.3 is 0 Å². The fraction of sp³-hybridized carbons (Fsp3) is 0.214. The highest BCUT2D eigenvalue weighted by Crippen LogP contribution is 2.23. The van der Waals surface area contributed by atoms with Crippen LogP contribution in [0.25, 0.3) is 0 Å². The zero-order chi connectivity index (χ0) is 14.5. The van der Waals surface area contributed by atoms with Crippen LogP contribution in [0.5, 0.6) is 0 Å². The molecule has 2 rings (SSSR count). The van der Waals surface area contributed by atoms with E-state index in [2.05, 4.69) is 15.6 Å². The van der Waals surface area contributed by atoms with Crippen molar-refractivity contribution in [2.24, 2.45) is 0 Å². The van der Waals surface area contributed by atoms with E-state index in [1.165, 1.54) is 7.05 Å². The van der Waals surface area contributed by atoms with E-state index in [1.54, 1.807) is 13.2 Å². The van der Waals surface area contributed by atoms with Crippen LogP contribution in [0, 0.1) is 11.6 Å². The largest absolute Gasteiger partial charge is 0.380 e. The highest BCUT2D eigenvalue weighted by molar-refractivity contribution is 5.59. The van der Waals surface area contributed by atoms with E-state index in [-0.39, 0.29) is 11.6 Å². The van der Waals surface area contributed by atoms with Gasteiger partial charge in [0.15, 0.2) is 23.3 Å². The molecule has 20 heavy (non-hydrogen) atoms. The minimum absolute atomic E-state index is 0.0121. The Kier molecular flexibility index (Phi) is 4.47. The van der Waals surface area contributed by atoms with Crippen LogP contribution < -0.4 is 10.6 Å². The number of ether oxygens (including phenoxy) is 1. The third kappa shape index (κ3) is 3.21. The van der Waals surface area contributed by atoms with Gasteiger partial charge < -0.3 is 15.4 Å². The first kappa shape index (κ1) is 14.2. The second kappa shape index (κ2) is 6.29. The molecule has 0 aliphatic carbocycles. The summed E-state index contributed by atoms with van der Waals surface area (Å²) >= 11 is 0. The summed E-state index contributed by atoms with van der Waals surface area (Å²) in [5.41, 5.74) is 1.59. The fourth-order valence-electron chi connectivity index (χ4n) is 1.77. The maximum absolute atomic E-state index is 13.7. The third-order valence-corrected chi connectivity index (χ3v) is 2.67. The Morgan fingerprint density at radius 3 is 2.60 bits per heavy atom. The second-order valence-corrected chi connectivity index (χ2v) is 4.16. The van der Waals surface area contributed by atoms with E-state index in [1.807, 2.05) is 18.2 Å². The normalized spacial score (nSPS) is 10.4. The summed E-state index contributed by atoms with van der Waals surface area (Å²) in [5.74, 6) is -1.53. The first-order chi connectivity index (χ1) is 9.63. The molecule has 0 spiro atoms. The number of methoxy groups -OCH3 is 1. The van der Waals surface area contributed by atoms with Crippen LogP contribution in [0.3, 0.4) is 0 Å². The number of nitrogens with one attached hydrogen (secondary N) is 2. The molecule has 1 aromatic heterocycles. The minimum atomic E-state index is -0.751. The number of aromatic nitrogens is 1. The lowest BCUT2D eigenvalue weighted by Gasteiger charge is -2.10. The maximum Gasteiger partial charge on any atom is 0.169 e. The van der Waals surface area contributed by atoms with E-state index < -0.39 is 11.6 Å². The van der Waals surface area contributed by atoms with Crippen molar-refractivity contribution in [2.75, 3.05) is 24.8 Å². The van der Waals surface area contributed by atoms with Crippen molar-refractivity contribution in [2.45, 2.75) is 6.61 Å². The minimum Gasteiger partial charge on any atom is -0.380 e. The molecule has 0 aliphatic heterocycles. The van der Waals surface area contributed by atoms with Crippen molar-refractivity contribution in [1.82, 2.24) is 4.98 Å². The van der Waals surface area contributed by atoms with Gasteiger partial charge in [-0.1, -0.05) is 12.1 Å². The zero-order valence-electron chi connectivity index (χ0n) is 11.2. The number of pyridine rings is 1. The van der Waals surface area contributed by atoms with Crippen molar-refractivity contribution >= 4 is 17.3 Å². The molecular formula is C14H15F2N3O. The van der Waals surface area contributed by atoms with Crippen molar-refractivity contribution in [1.29, 1.82) is 0 Å². The van der Waals surface area contributed by atoms with Crippen LogP contribution in [-0.2, 0) is 11.3 Å². The summed E-state index contributed by atoms with van der Waals surface area (Å²) in [6.45, 7) is 0.455. The lowest BCUT2D eigenvalue weighted by atomic mass is 10.2. The van der Waals surface area contributed by atoms with Crippen LogP contribution in [-0.4, -0.2) is 19.1 Å². The molecule has 0 unspecified atom stereocenters. The topological polar surface area (TPSA) is 46.2 Å². The van der Waals surface area contributed by atoms with Crippen LogP contribution >= 0.6 is 0 Å². The number of benzene rings is 1. The quantitative estimate of drug-likeness (QED) is 0.881. The lowest BCUT2D eigenvalue weighted by molar-refractivity contribution is 0.185. The fourth-order valence-corrected chi connectivity index (χ4v) is 1.77. The molecular weight excluding hydrogens is 264 g/mol. The average Bonchev–Trinajstić information content (AvgIpc) is 2.43. The average molecular weight is 279 g/mol. The SMILES string of the molecule is CNc1nc(Nc2cccc(COC)c2)c(F)cc1F. The molecule has 2 aromatic rings. The predicted octanol–water partition coefficient (Wildman–Crippen LogP) is 3.29. The van der Waals surface area contributed by atoms with E-state index >= 15 is 0 Å². The Morgan fingerprint density at radius 1 is 1.15 bits per heavy atom. The molecule has 6 heteroatoms. The summed E-state index contributed by atoms with van der Waals surface area (Å²) in [7, 11) is 3.12. The highest BCUT2D eigenvalue weighted by atomic mass is 19.1. The smallest absolute Gasteiger partial charge is 0.169 e. The van der Waals surface area contributed by atoms with Crippen LogP contribution in [0.1, 0.15) is 5.56 Å². The molecule has 0 saturated heterocycles. The van der Waals surface area contributed by atoms with Gasteiger partial charge in [-0.3, -0.25) is 0 Å². The standard InChI is InChI=1S/C14H15F2N3O/c1-17-13-11(15)7-12(16)14(19-13)18-10-5-3-4-9(6-10)8-20-2/h3-7H,8H2,1-2H3,(H2,17,18,19). The maximum atomic E-state index is 13.7. The van der Waals surface area contributed by atoms with Gasteiger partial charge in [-0.25, -0.2) is 13.8 Å². The predicted molar refractivity (Wildman–Crippen MR) is 74.1 cm³/mol. The van der Waals surface area contributed by atoms with Gasteiger partial charge in [0.2, 0.25) is 0 Å². The Hall–Kier alpha value is -2.21. The molecule has 0 radical (unpaired) electrons. The first-order valence-corrected chi connectivity index (χ1v) is 6.02. The summed E-state index contributed by atoms with van der Waals surface area (Å²) in [5, 5.41) is 5.39. The summed E-state index contributed by atoms with van der Waals surface area (Å²) in [6, 6.07) is 8.08. The van der Waals surface area contributed by atoms with Gasteiger partial charge in [0.1, 0.15) is 0 Å². The van der Waals surface area contributed by atoms with Gasteiger partial charge in [-0.05, 0) is 17.7 Å². The number of nitrogens with zero attached hydrogens (tertiary/aromatic N) is 1. The Balaban J connectivity index is 2.27. The second-order valence-electron chi connectivity index (χ2n) is 4.16. The molecule has 0 bridgehead atoms. The first-order valence-electron chi connectivity index (χ1n) is 6.02. The van der Waals surface area contributed by atoms with Gasteiger partial charge in [-0.15, -0.1) is 0 Å². The van der Waals surface area contributed by atoms with E-state index in [9.17, 15) is 8.78 Å². The Labute approximate surface area is 115 Å². The summed E-state index contributed by atoms with van der Waals surface area (Å²) in [4.78, 5) is 3.86. The molecule has 0 amide bonds. The number of rotatable bonds is 5. The van der Waals surface area contributed by atoms with Crippen LogP contribution in [0.2, 0.25) is 0 Å². The molecule has 0 saturated carbocycles. The number of hydrogen-bond acceptors (Lipinski definition) is 4. The summed E-state index contributed by atoms with van der Waals surface area (Å²) < 4.78 is 32.0. The Bertz CT molecular complexity index is 605. The van der Waals surface area contributed by atoms with Gasteiger partial charge in [0, 0.05) is 25.9 Å². The lowest BCUT2D eigenvalue weighted by Crippen LogP contribution is -2.03. The molecule has 4 nitrogen and oxygen atoms in total. The van der Waals surface area contributed by atoms with E-state index in [0.717, 1.165) is 11.6 Å². The molecule has 1 heterocycles. The van der Waals surface area contributed by atoms with Crippen LogP contribution in [0.15, 0.2) is 30.3 Å². The Morgan fingerprint density at radius 2 is 1.90 bits per heavy atom. The molecule has 0 fully saturated rings. The van der Waals surface area contributed by atoms with Crippen LogP contribution in [0.4, 0.5) is 26.1 Å². The molecule has 0 aliphatic rings. The van der Waals surface area contributed by atoms with Crippen molar-refractivity contribution in [3.8, 4) is 0 Å². The van der Waals surface area contributed by atoms with Crippen molar-refractivity contribution in [3.63, 3.8) is 0 Å². The molecule has 106 valence electrons. The van der Waals surface area contributed by atoms with E-state index in [4.69, 9.17) is 4.74 Å². The summed E-state index contributed by atoms with van der Waals surface area (Å²) in [6.07, 6.45) is 0. The van der Waals surface area contributed by atoms with Gasteiger partial charge in [0.05, 0.1) is 6.61 Å². The number of halogens is 2. The zero-order valence-corrected chi connectivity index (χ0v) is 11.2. The molecule has 1 aromatic carbocycles. The molecule has 2 N–H and O–H groups in total. The number of anilines is 3. The highest BCUT2D eigenvalue weighted by Gasteiger charge is 2.11. The van der Waals surface area contributed by atoms with E-state index in [0.29, 0.717) is 12.3 Å². The van der Waals surface area contributed by atoms with Crippen molar-refractivity contribution < 1.29 is 13.5 Å². The van der Waals surface area contributed by atoms with Crippen molar-refractivity contribution in [3.05, 3.63) is 47.5 Å². The van der Waals surface area contributed by atoms with Gasteiger partial charge in [0.25, 0.3) is 0 Å². The third-order valence-electron chi connectivity index (χ3n) is 2.67. The number of hydrogen-bond donors (Lipinski definition) is 2. The van der Waals surface area contributed by atoms with Gasteiger partial charge in [-0.2, -0.15) is 0 Å². The molecule has 0 atom stereocenters. The monoisotopic (exact) mass is 279 g/mol.